The minimum Gasteiger partial charge on any atom is -0.481 e. The minimum atomic E-state index is -4.42. The number of nitrogens with zero attached hydrogens (tertiary/aromatic N) is 1. The average molecular weight is 294 g/mol. The summed E-state index contributed by atoms with van der Waals surface area (Å²) in [4.78, 5) is 14.3. The third-order valence-electron chi connectivity index (χ3n) is 3.20. The number of alkyl halides is 3. The number of carbonyl (C=O) groups is 1. The molecule has 2 rings (SSSR count). The molecule has 8 heteroatoms. The van der Waals surface area contributed by atoms with Crippen molar-refractivity contribution in [1.82, 2.24) is 4.98 Å². The smallest absolute Gasteiger partial charge is 0.434 e. The Morgan fingerprint density at radius 3 is 2.47 bits per heavy atom. The third-order valence-corrected chi connectivity index (χ3v) is 3.97. The second-order valence-electron chi connectivity index (χ2n) is 4.57. The Bertz CT molecular complexity index is 453. The average Bonchev–Trinajstić information content (AvgIpc) is 2.78. The van der Waals surface area contributed by atoms with E-state index in [0.717, 1.165) is 16.7 Å². The number of halogens is 3. The molecule has 2 N–H and O–H groups in total. The van der Waals surface area contributed by atoms with E-state index in [1.165, 1.54) is 0 Å². The van der Waals surface area contributed by atoms with Crippen molar-refractivity contribution < 1.29 is 23.1 Å². The van der Waals surface area contributed by atoms with Crippen molar-refractivity contribution in [2.75, 3.05) is 5.32 Å². The van der Waals surface area contributed by atoms with Gasteiger partial charge in [-0.1, -0.05) is 0 Å². The highest BCUT2D eigenvalue weighted by atomic mass is 32.1. The number of nitrogens with one attached hydrogen (secondary N) is 1. The minimum absolute atomic E-state index is 0.00262. The lowest BCUT2D eigenvalue weighted by molar-refractivity contribution is -0.143. The third kappa shape index (κ3) is 3.59. The van der Waals surface area contributed by atoms with Crippen LogP contribution in [0.15, 0.2) is 5.38 Å². The van der Waals surface area contributed by atoms with E-state index in [2.05, 4.69) is 10.3 Å². The molecule has 0 aromatic carbocycles. The molecule has 0 radical (unpaired) electrons. The van der Waals surface area contributed by atoms with Crippen LogP contribution in [0, 0.1) is 5.92 Å². The molecule has 1 fully saturated rings. The van der Waals surface area contributed by atoms with Crippen molar-refractivity contribution in [1.29, 1.82) is 0 Å². The molecule has 1 aliphatic carbocycles. The molecule has 0 atom stereocenters. The molecule has 19 heavy (non-hydrogen) atoms. The second kappa shape index (κ2) is 5.36. The summed E-state index contributed by atoms with van der Waals surface area (Å²) in [5.74, 6) is -1.13. The fourth-order valence-corrected chi connectivity index (χ4v) is 2.92. The van der Waals surface area contributed by atoms with Crippen molar-refractivity contribution in [3.63, 3.8) is 0 Å². The lowest BCUT2D eigenvalue weighted by Gasteiger charge is -2.26. The normalized spacial score (nSPS) is 24.2. The standard InChI is InChI=1S/C11H13F3N2O2S/c12-11(13,14)8-5-19-10(16-8)15-7-3-1-6(2-4-7)9(17)18/h5-7H,1-4H2,(H,15,16)(H,17,18). The van der Waals surface area contributed by atoms with Gasteiger partial charge in [0.1, 0.15) is 0 Å². The van der Waals surface area contributed by atoms with Crippen LogP contribution in [-0.4, -0.2) is 22.1 Å². The Balaban J connectivity index is 1.89. The number of aliphatic carboxylic acids is 1. The highest BCUT2D eigenvalue weighted by Gasteiger charge is 2.34. The Morgan fingerprint density at radius 2 is 2.00 bits per heavy atom. The van der Waals surface area contributed by atoms with Crippen LogP contribution in [0.3, 0.4) is 0 Å². The monoisotopic (exact) mass is 294 g/mol. The number of thiazole rings is 1. The molecule has 1 heterocycles. The van der Waals surface area contributed by atoms with E-state index < -0.39 is 17.8 Å². The highest BCUT2D eigenvalue weighted by molar-refractivity contribution is 7.13. The van der Waals surface area contributed by atoms with Gasteiger partial charge in [-0.05, 0) is 25.7 Å². The van der Waals surface area contributed by atoms with Gasteiger partial charge in [0.05, 0.1) is 5.92 Å². The number of carboxylic acids is 1. The summed E-state index contributed by atoms with van der Waals surface area (Å²) in [6.45, 7) is 0. The van der Waals surface area contributed by atoms with E-state index in [4.69, 9.17) is 5.11 Å². The maximum Gasteiger partial charge on any atom is 0.434 e. The topological polar surface area (TPSA) is 62.2 Å². The fraction of sp³-hybridized carbons (Fsp3) is 0.636. The van der Waals surface area contributed by atoms with Gasteiger partial charge in [-0.15, -0.1) is 11.3 Å². The molecule has 0 amide bonds. The number of aromatic nitrogens is 1. The Kier molecular flexibility index (Phi) is 3.98. The SMILES string of the molecule is O=C(O)C1CCC(Nc2nc(C(F)(F)F)cs2)CC1. The molecular formula is C11H13F3N2O2S. The Hall–Kier alpha value is -1.31. The Morgan fingerprint density at radius 1 is 1.37 bits per heavy atom. The predicted octanol–water partition coefficient (Wildman–Crippen LogP) is 3.22. The first kappa shape index (κ1) is 14.1. The zero-order valence-electron chi connectivity index (χ0n) is 9.91. The van der Waals surface area contributed by atoms with Gasteiger partial charge in [0.25, 0.3) is 0 Å². The molecule has 0 unspecified atom stereocenters. The van der Waals surface area contributed by atoms with E-state index in [-0.39, 0.29) is 17.1 Å². The molecule has 0 spiro atoms. The van der Waals surface area contributed by atoms with Crippen LogP contribution in [0.2, 0.25) is 0 Å². The first-order valence-electron chi connectivity index (χ1n) is 5.88. The van der Waals surface area contributed by atoms with Gasteiger partial charge in [0.2, 0.25) is 0 Å². The molecule has 0 saturated heterocycles. The number of carboxylic acid groups (broad SMARTS) is 1. The van der Waals surface area contributed by atoms with Crippen LogP contribution >= 0.6 is 11.3 Å². The summed E-state index contributed by atoms with van der Waals surface area (Å²) in [6.07, 6.45) is -2.05. The van der Waals surface area contributed by atoms with Gasteiger partial charge in [-0.3, -0.25) is 4.79 Å². The van der Waals surface area contributed by atoms with Crippen molar-refractivity contribution in [3.8, 4) is 0 Å². The second-order valence-corrected chi connectivity index (χ2v) is 5.42. The van der Waals surface area contributed by atoms with Crippen LogP contribution in [0.4, 0.5) is 18.3 Å². The zero-order valence-corrected chi connectivity index (χ0v) is 10.7. The Labute approximate surface area is 111 Å². The van der Waals surface area contributed by atoms with Crippen LogP contribution < -0.4 is 5.32 Å². The van der Waals surface area contributed by atoms with Gasteiger partial charge < -0.3 is 10.4 Å². The van der Waals surface area contributed by atoms with Crippen LogP contribution in [0.1, 0.15) is 31.4 Å². The van der Waals surface area contributed by atoms with E-state index in [1.54, 1.807) is 0 Å². The molecule has 4 nitrogen and oxygen atoms in total. The molecule has 0 aliphatic heterocycles. The quantitative estimate of drug-likeness (QED) is 0.898. The van der Waals surface area contributed by atoms with E-state index in [0.29, 0.717) is 25.7 Å². The van der Waals surface area contributed by atoms with E-state index >= 15 is 0 Å². The number of hydrogen-bond acceptors (Lipinski definition) is 4. The van der Waals surface area contributed by atoms with Gasteiger partial charge >= 0.3 is 12.1 Å². The number of rotatable bonds is 3. The summed E-state index contributed by atoms with van der Waals surface area (Å²) in [5, 5.41) is 13.0. The van der Waals surface area contributed by atoms with Crippen molar-refractivity contribution in [2.24, 2.45) is 5.92 Å². The first-order valence-corrected chi connectivity index (χ1v) is 6.76. The van der Waals surface area contributed by atoms with Crippen LogP contribution in [0.5, 0.6) is 0 Å². The molecule has 1 saturated carbocycles. The summed E-state index contributed by atoms with van der Waals surface area (Å²) < 4.78 is 37.1. The maximum absolute atomic E-state index is 12.4. The molecular weight excluding hydrogens is 281 g/mol. The summed E-state index contributed by atoms with van der Waals surface area (Å²) in [7, 11) is 0. The van der Waals surface area contributed by atoms with Gasteiger partial charge in [-0.25, -0.2) is 4.98 Å². The molecule has 0 bridgehead atoms. The fourth-order valence-electron chi connectivity index (χ4n) is 2.13. The first-order chi connectivity index (χ1) is 8.86. The lowest BCUT2D eigenvalue weighted by Crippen LogP contribution is -2.29. The van der Waals surface area contributed by atoms with Crippen molar-refractivity contribution in [3.05, 3.63) is 11.1 Å². The lowest BCUT2D eigenvalue weighted by atomic mass is 9.86. The molecule has 1 aliphatic rings. The molecule has 106 valence electrons. The summed E-state index contributed by atoms with van der Waals surface area (Å²) >= 11 is 0.919. The maximum atomic E-state index is 12.4. The summed E-state index contributed by atoms with van der Waals surface area (Å²) in [5.41, 5.74) is -0.890. The highest BCUT2D eigenvalue weighted by Crippen LogP contribution is 2.33. The zero-order chi connectivity index (χ0) is 14.0. The van der Waals surface area contributed by atoms with E-state index in [9.17, 15) is 18.0 Å². The van der Waals surface area contributed by atoms with Crippen molar-refractivity contribution >= 4 is 22.4 Å². The number of hydrogen-bond donors (Lipinski definition) is 2. The van der Waals surface area contributed by atoms with E-state index in [1.807, 2.05) is 0 Å². The van der Waals surface area contributed by atoms with Gasteiger partial charge in [0.15, 0.2) is 10.8 Å². The van der Waals surface area contributed by atoms with Crippen LogP contribution in [-0.2, 0) is 11.0 Å². The van der Waals surface area contributed by atoms with Gasteiger partial charge in [-0.2, -0.15) is 13.2 Å². The predicted molar refractivity (Wildman–Crippen MR) is 64.1 cm³/mol. The number of anilines is 1. The summed E-state index contributed by atoms with van der Waals surface area (Å²) in [6, 6.07) is 0.00262. The van der Waals surface area contributed by atoms with Gasteiger partial charge in [0, 0.05) is 11.4 Å². The largest absolute Gasteiger partial charge is 0.481 e. The van der Waals surface area contributed by atoms with Crippen molar-refractivity contribution in [2.45, 2.75) is 37.9 Å². The molecule has 1 aromatic rings. The van der Waals surface area contributed by atoms with Crippen LogP contribution in [0.25, 0.3) is 0 Å². The molecule has 1 aromatic heterocycles.